The van der Waals surface area contributed by atoms with Crippen LogP contribution in [0, 0.1) is 0 Å². The molecule has 2 rings (SSSR count). The Morgan fingerprint density at radius 3 is 2.56 bits per heavy atom. The van der Waals surface area contributed by atoms with E-state index in [1.165, 1.54) is 12.7 Å². The molecule has 0 amide bonds. The van der Waals surface area contributed by atoms with Crippen molar-refractivity contribution in [2.75, 3.05) is 27.3 Å². The Morgan fingerprint density at radius 2 is 1.94 bits per heavy atom. The Labute approximate surface area is 107 Å². The zero-order valence-electron chi connectivity index (χ0n) is 10.8. The Hall–Kier alpha value is -1.39. The zero-order chi connectivity index (χ0) is 13.0. The molecule has 2 unspecified atom stereocenters. The van der Waals surface area contributed by atoms with Crippen LogP contribution < -0.4 is 5.32 Å². The maximum atomic E-state index is 11.3. The van der Waals surface area contributed by atoms with Crippen molar-refractivity contribution in [2.24, 2.45) is 0 Å². The lowest BCUT2D eigenvalue weighted by Gasteiger charge is -2.29. The second-order valence-electron chi connectivity index (χ2n) is 4.56. The van der Waals surface area contributed by atoms with E-state index in [0.29, 0.717) is 11.5 Å². The maximum absolute atomic E-state index is 11.3. The summed E-state index contributed by atoms with van der Waals surface area (Å²) < 4.78 is 10.1. The molecule has 98 valence electrons. The van der Waals surface area contributed by atoms with Crippen LogP contribution in [-0.2, 0) is 9.47 Å². The molecule has 4 nitrogen and oxygen atoms in total. The third-order valence-corrected chi connectivity index (χ3v) is 3.45. The number of benzene rings is 1. The van der Waals surface area contributed by atoms with Crippen molar-refractivity contribution in [3.05, 3.63) is 35.4 Å². The molecular weight excluding hydrogens is 230 g/mol. The third kappa shape index (κ3) is 2.89. The summed E-state index contributed by atoms with van der Waals surface area (Å²) in [4.78, 5) is 11.3. The van der Waals surface area contributed by atoms with Crippen LogP contribution in [0.4, 0.5) is 0 Å². The molecule has 0 aliphatic carbocycles. The quantitative estimate of drug-likeness (QED) is 0.826. The summed E-state index contributed by atoms with van der Waals surface area (Å²) in [5.41, 5.74) is 1.82. The summed E-state index contributed by atoms with van der Waals surface area (Å²) in [5, 5.41) is 3.37. The highest BCUT2D eigenvalue weighted by atomic mass is 16.5. The Kier molecular flexibility index (Phi) is 4.33. The van der Waals surface area contributed by atoms with Gasteiger partial charge in [0, 0.05) is 20.2 Å². The van der Waals surface area contributed by atoms with E-state index in [-0.39, 0.29) is 12.1 Å². The van der Waals surface area contributed by atoms with Crippen molar-refractivity contribution in [1.82, 2.24) is 5.32 Å². The predicted molar refractivity (Wildman–Crippen MR) is 68.8 cm³/mol. The first-order valence-electron chi connectivity index (χ1n) is 6.16. The monoisotopic (exact) mass is 249 g/mol. The van der Waals surface area contributed by atoms with E-state index in [1.807, 2.05) is 24.3 Å². The highest BCUT2D eigenvalue weighted by Gasteiger charge is 2.22. The van der Waals surface area contributed by atoms with Gasteiger partial charge in [0.05, 0.1) is 18.8 Å². The number of hydrogen-bond acceptors (Lipinski definition) is 4. The van der Waals surface area contributed by atoms with Gasteiger partial charge in [0.25, 0.3) is 0 Å². The van der Waals surface area contributed by atoms with E-state index in [1.54, 1.807) is 7.11 Å². The molecule has 0 aromatic heterocycles. The van der Waals surface area contributed by atoms with Gasteiger partial charge in [-0.2, -0.15) is 0 Å². The minimum absolute atomic E-state index is 0.268. The van der Waals surface area contributed by atoms with Crippen LogP contribution in [-0.4, -0.2) is 39.4 Å². The van der Waals surface area contributed by atoms with Gasteiger partial charge in [-0.15, -0.1) is 0 Å². The van der Waals surface area contributed by atoms with E-state index < -0.39 is 0 Å². The van der Waals surface area contributed by atoms with E-state index in [0.717, 1.165) is 19.5 Å². The second-order valence-corrected chi connectivity index (χ2v) is 4.56. The van der Waals surface area contributed by atoms with Crippen LogP contribution in [0.25, 0.3) is 0 Å². The number of hydrogen-bond donors (Lipinski definition) is 1. The molecule has 1 aliphatic rings. The zero-order valence-corrected chi connectivity index (χ0v) is 10.8. The second kappa shape index (κ2) is 5.98. The summed E-state index contributed by atoms with van der Waals surface area (Å²) in [6, 6.07) is 7.63. The minimum atomic E-state index is -0.293. The first kappa shape index (κ1) is 13.1. The topological polar surface area (TPSA) is 47.6 Å². The van der Waals surface area contributed by atoms with Crippen LogP contribution in [0.5, 0.6) is 0 Å². The van der Waals surface area contributed by atoms with E-state index in [2.05, 4.69) is 10.1 Å². The fraction of sp³-hybridized carbons (Fsp3) is 0.500. The number of esters is 1. The van der Waals surface area contributed by atoms with Gasteiger partial charge in [0.1, 0.15) is 0 Å². The number of rotatable bonds is 3. The molecule has 0 bridgehead atoms. The fourth-order valence-electron chi connectivity index (χ4n) is 2.35. The first-order chi connectivity index (χ1) is 8.74. The van der Waals surface area contributed by atoms with Gasteiger partial charge in [-0.25, -0.2) is 4.79 Å². The van der Waals surface area contributed by atoms with E-state index >= 15 is 0 Å². The molecule has 1 aliphatic heterocycles. The maximum Gasteiger partial charge on any atom is 0.337 e. The average Bonchev–Trinajstić information content (AvgIpc) is 2.46. The number of methoxy groups -OCH3 is 2. The Morgan fingerprint density at radius 1 is 1.22 bits per heavy atom. The molecule has 4 heteroatoms. The molecule has 1 fully saturated rings. The molecule has 1 aromatic rings. The lowest BCUT2D eigenvalue weighted by Crippen LogP contribution is -2.39. The lowest BCUT2D eigenvalue weighted by molar-refractivity contribution is 0.0600. The molecule has 1 saturated heterocycles. The van der Waals surface area contributed by atoms with Gasteiger partial charge < -0.3 is 14.8 Å². The standard InChI is InChI=1S/C14H19NO3/c1-17-13-7-12(8-15-9-13)10-3-5-11(6-4-10)14(16)18-2/h3-6,12-13,15H,7-9H2,1-2H3. The predicted octanol–water partition coefficient (Wildman–Crippen LogP) is 1.57. The molecular formula is C14H19NO3. The molecule has 1 heterocycles. The largest absolute Gasteiger partial charge is 0.465 e. The summed E-state index contributed by atoms with van der Waals surface area (Å²) in [7, 11) is 3.14. The van der Waals surface area contributed by atoms with Crippen LogP contribution >= 0.6 is 0 Å². The average molecular weight is 249 g/mol. The van der Waals surface area contributed by atoms with Crippen molar-refractivity contribution in [1.29, 1.82) is 0 Å². The molecule has 1 N–H and O–H groups in total. The van der Waals surface area contributed by atoms with Crippen molar-refractivity contribution in [2.45, 2.75) is 18.4 Å². The molecule has 2 atom stereocenters. The number of piperidine rings is 1. The van der Waals surface area contributed by atoms with Crippen LogP contribution in [0.1, 0.15) is 28.3 Å². The van der Waals surface area contributed by atoms with Gasteiger partial charge in [-0.3, -0.25) is 0 Å². The smallest absolute Gasteiger partial charge is 0.337 e. The Bertz CT molecular complexity index is 402. The number of ether oxygens (including phenoxy) is 2. The highest BCUT2D eigenvalue weighted by Crippen LogP contribution is 2.24. The summed E-state index contributed by atoms with van der Waals surface area (Å²) in [6.45, 7) is 1.87. The molecule has 0 spiro atoms. The van der Waals surface area contributed by atoms with Crippen molar-refractivity contribution in [3.63, 3.8) is 0 Å². The summed E-state index contributed by atoms with van der Waals surface area (Å²) >= 11 is 0. The van der Waals surface area contributed by atoms with Crippen LogP contribution in [0.2, 0.25) is 0 Å². The van der Waals surface area contributed by atoms with Gasteiger partial charge >= 0.3 is 5.97 Å². The lowest BCUT2D eigenvalue weighted by atomic mass is 9.90. The van der Waals surface area contributed by atoms with Crippen molar-refractivity contribution in [3.8, 4) is 0 Å². The third-order valence-electron chi connectivity index (χ3n) is 3.45. The molecule has 0 saturated carbocycles. The molecule has 18 heavy (non-hydrogen) atoms. The summed E-state index contributed by atoms with van der Waals surface area (Å²) in [5.74, 6) is 0.147. The normalized spacial score (nSPS) is 23.7. The van der Waals surface area contributed by atoms with Crippen LogP contribution in [0.15, 0.2) is 24.3 Å². The molecule has 0 radical (unpaired) electrons. The van der Waals surface area contributed by atoms with Crippen molar-refractivity contribution >= 4 is 5.97 Å². The van der Waals surface area contributed by atoms with Gasteiger partial charge in [0.15, 0.2) is 0 Å². The van der Waals surface area contributed by atoms with E-state index in [9.17, 15) is 4.79 Å². The number of carbonyl (C=O) groups is 1. The van der Waals surface area contributed by atoms with Crippen molar-refractivity contribution < 1.29 is 14.3 Å². The van der Waals surface area contributed by atoms with Gasteiger partial charge in [-0.1, -0.05) is 12.1 Å². The van der Waals surface area contributed by atoms with Gasteiger partial charge in [0.2, 0.25) is 0 Å². The fourth-order valence-corrected chi connectivity index (χ4v) is 2.35. The SMILES string of the molecule is COC(=O)c1ccc(C2CNCC(OC)C2)cc1. The summed E-state index contributed by atoms with van der Waals surface area (Å²) in [6.07, 6.45) is 1.28. The first-order valence-corrected chi connectivity index (χ1v) is 6.16. The Balaban J connectivity index is 2.07. The number of nitrogens with one attached hydrogen (secondary N) is 1. The van der Waals surface area contributed by atoms with Gasteiger partial charge in [-0.05, 0) is 30.0 Å². The minimum Gasteiger partial charge on any atom is -0.465 e. The van der Waals surface area contributed by atoms with Crippen LogP contribution in [0.3, 0.4) is 0 Å². The molecule has 1 aromatic carbocycles. The van der Waals surface area contributed by atoms with E-state index in [4.69, 9.17) is 4.74 Å². The highest BCUT2D eigenvalue weighted by molar-refractivity contribution is 5.89. The number of carbonyl (C=O) groups excluding carboxylic acids is 1.